The molecule has 0 radical (unpaired) electrons. The number of aliphatic carboxylic acids is 1. The van der Waals surface area contributed by atoms with Gasteiger partial charge in [0.2, 0.25) is 0 Å². The molecule has 0 aromatic heterocycles. The highest BCUT2D eigenvalue weighted by Crippen LogP contribution is 2.27. The molecule has 4 N–H and O–H groups in total. The lowest BCUT2D eigenvalue weighted by molar-refractivity contribution is -0.138. The van der Waals surface area contributed by atoms with E-state index in [0.717, 1.165) is 16.3 Å². The Labute approximate surface area is 221 Å². The largest absolute Gasteiger partial charge is 0.489 e. The first-order valence-electron chi connectivity index (χ1n) is 12.5. The van der Waals surface area contributed by atoms with Gasteiger partial charge in [0, 0.05) is 18.5 Å². The van der Waals surface area contributed by atoms with E-state index in [-0.39, 0.29) is 18.0 Å². The SMILES string of the molecule is CC(C)(C)OC(=O)N1CC[C@H](Oc2ccc(C(Cc3ccc4ccc(C(N)=NO)cc4c3)C(=O)O)cc2)C1. The number of nitrogens with zero attached hydrogens (tertiary/aromatic N) is 2. The number of hydrogen-bond acceptors (Lipinski definition) is 6. The van der Waals surface area contributed by atoms with Crippen LogP contribution in [0.3, 0.4) is 0 Å². The summed E-state index contributed by atoms with van der Waals surface area (Å²) in [6, 6.07) is 18.3. The lowest BCUT2D eigenvalue weighted by Gasteiger charge is -2.24. The number of amides is 1. The maximum absolute atomic E-state index is 12.3. The number of nitrogens with two attached hydrogens (primary N) is 1. The predicted octanol–water partition coefficient (Wildman–Crippen LogP) is 4.73. The van der Waals surface area contributed by atoms with Crippen molar-refractivity contribution in [2.75, 3.05) is 13.1 Å². The van der Waals surface area contributed by atoms with E-state index in [4.69, 9.17) is 20.4 Å². The van der Waals surface area contributed by atoms with Crippen LogP contribution in [0.4, 0.5) is 4.79 Å². The summed E-state index contributed by atoms with van der Waals surface area (Å²) in [4.78, 5) is 26.1. The van der Waals surface area contributed by atoms with Crippen molar-refractivity contribution in [3.05, 3.63) is 77.4 Å². The van der Waals surface area contributed by atoms with Gasteiger partial charge in [-0.1, -0.05) is 47.6 Å². The maximum Gasteiger partial charge on any atom is 0.410 e. The molecule has 2 atom stereocenters. The van der Waals surface area contributed by atoms with Gasteiger partial charge in [-0.3, -0.25) is 4.79 Å². The van der Waals surface area contributed by atoms with Crippen molar-refractivity contribution in [3.63, 3.8) is 0 Å². The molecular weight excluding hydrogens is 486 g/mol. The predicted molar refractivity (Wildman–Crippen MR) is 144 cm³/mol. The second-order valence-electron chi connectivity index (χ2n) is 10.5. The summed E-state index contributed by atoms with van der Waals surface area (Å²) in [6.45, 7) is 6.50. The summed E-state index contributed by atoms with van der Waals surface area (Å²) in [5.74, 6) is -1.04. The molecule has 1 unspecified atom stereocenters. The van der Waals surface area contributed by atoms with Gasteiger partial charge in [-0.05, 0) is 67.3 Å². The van der Waals surface area contributed by atoms with E-state index in [1.54, 1.807) is 35.2 Å². The molecule has 3 aromatic rings. The summed E-state index contributed by atoms with van der Waals surface area (Å²) >= 11 is 0. The summed E-state index contributed by atoms with van der Waals surface area (Å²) in [5, 5.41) is 23.8. The molecular formula is C29H33N3O6. The van der Waals surface area contributed by atoms with Crippen molar-refractivity contribution in [1.29, 1.82) is 0 Å². The van der Waals surface area contributed by atoms with Gasteiger partial charge in [-0.15, -0.1) is 0 Å². The molecule has 3 aromatic carbocycles. The van der Waals surface area contributed by atoms with Crippen LogP contribution in [-0.2, 0) is 16.0 Å². The minimum Gasteiger partial charge on any atom is -0.489 e. The highest BCUT2D eigenvalue weighted by Gasteiger charge is 2.31. The summed E-state index contributed by atoms with van der Waals surface area (Å²) < 4.78 is 11.5. The van der Waals surface area contributed by atoms with Crippen LogP contribution >= 0.6 is 0 Å². The minimum absolute atomic E-state index is 0.0122. The second kappa shape index (κ2) is 11.0. The van der Waals surface area contributed by atoms with Gasteiger partial charge in [0.1, 0.15) is 17.5 Å². The number of benzene rings is 3. The molecule has 0 aliphatic carbocycles. The van der Waals surface area contributed by atoms with Gasteiger partial charge in [-0.2, -0.15) is 0 Å². The first-order valence-corrected chi connectivity index (χ1v) is 12.5. The highest BCUT2D eigenvalue weighted by molar-refractivity contribution is 6.00. The van der Waals surface area contributed by atoms with E-state index in [1.165, 1.54) is 0 Å². The Morgan fingerprint density at radius 1 is 1.08 bits per heavy atom. The minimum atomic E-state index is -0.923. The number of carboxylic acid groups (broad SMARTS) is 1. The highest BCUT2D eigenvalue weighted by atomic mass is 16.6. The third kappa shape index (κ3) is 6.53. The zero-order chi connectivity index (χ0) is 27.4. The van der Waals surface area contributed by atoms with Crippen LogP contribution in [0.25, 0.3) is 10.8 Å². The average molecular weight is 520 g/mol. The number of rotatable bonds is 7. The van der Waals surface area contributed by atoms with Crippen LogP contribution in [0.1, 0.15) is 49.8 Å². The molecule has 200 valence electrons. The van der Waals surface area contributed by atoms with Crippen molar-refractivity contribution in [3.8, 4) is 5.75 Å². The molecule has 0 bridgehead atoms. The molecule has 0 spiro atoms. The Hall–Kier alpha value is -4.27. The average Bonchev–Trinajstić information content (AvgIpc) is 3.34. The van der Waals surface area contributed by atoms with Crippen molar-refractivity contribution in [1.82, 2.24) is 4.90 Å². The molecule has 1 heterocycles. The summed E-state index contributed by atoms with van der Waals surface area (Å²) in [6.07, 6.45) is 0.486. The van der Waals surface area contributed by atoms with Crippen LogP contribution in [0.5, 0.6) is 5.75 Å². The number of oxime groups is 1. The topological polar surface area (TPSA) is 135 Å². The third-order valence-electron chi connectivity index (χ3n) is 6.43. The Bertz CT molecular complexity index is 1350. The van der Waals surface area contributed by atoms with Crippen LogP contribution in [0, 0.1) is 0 Å². The molecule has 9 nitrogen and oxygen atoms in total. The number of ether oxygens (including phenoxy) is 2. The van der Waals surface area contributed by atoms with E-state index in [0.29, 0.717) is 42.8 Å². The monoisotopic (exact) mass is 519 g/mol. The van der Waals surface area contributed by atoms with E-state index < -0.39 is 17.5 Å². The zero-order valence-corrected chi connectivity index (χ0v) is 21.8. The lowest BCUT2D eigenvalue weighted by atomic mass is 9.91. The van der Waals surface area contributed by atoms with Gasteiger partial charge in [0.15, 0.2) is 5.84 Å². The van der Waals surface area contributed by atoms with Crippen molar-refractivity contribution in [2.45, 2.75) is 51.2 Å². The van der Waals surface area contributed by atoms with Gasteiger partial charge in [0.05, 0.1) is 12.5 Å². The first kappa shape index (κ1) is 26.8. The maximum atomic E-state index is 12.3. The normalized spacial score (nSPS) is 16.9. The Morgan fingerprint density at radius 2 is 1.79 bits per heavy atom. The third-order valence-corrected chi connectivity index (χ3v) is 6.43. The molecule has 0 saturated carbocycles. The van der Waals surface area contributed by atoms with Crippen LogP contribution < -0.4 is 10.5 Å². The molecule has 9 heteroatoms. The van der Waals surface area contributed by atoms with Crippen LogP contribution in [-0.4, -0.2) is 57.9 Å². The standard InChI is InChI=1S/C29H33N3O6/c1-29(2,3)38-28(35)32-13-12-24(17-32)37-23-10-8-20(9-11-23)25(27(33)34)15-18-4-5-19-6-7-21(26(30)31-36)16-22(19)14-18/h4-11,14,16,24-25,36H,12-13,15,17H2,1-3H3,(H2,30,31)(H,33,34)/t24-,25?/m0/s1. The van der Waals surface area contributed by atoms with Crippen molar-refractivity contribution in [2.24, 2.45) is 10.9 Å². The number of carbonyl (C=O) groups is 2. The fraction of sp³-hybridized carbons (Fsp3) is 0.345. The van der Waals surface area contributed by atoms with Crippen molar-refractivity contribution >= 4 is 28.7 Å². The fourth-order valence-corrected chi connectivity index (χ4v) is 4.51. The smallest absolute Gasteiger partial charge is 0.410 e. The van der Waals surface area contributed by atoms with E-state index >= 15 is 0 Å². The fourth-order valence-electron chi connectivity index (χ4n) is 4.51. The molecule has 1 aliphatic heterocycles. The number of carbonyl (C=O) groups excluding carboxylic acids is 1. The van der Waals surface area contributed by atoms with Gasteiger partial charge < -0.3 is 30.4 Å². The van der Waals surface area contributed by atoms with Gasteiger partial charge >= 0.3 is 12.1 Å². The van der Waals surface area contributed by atoms with Crippen LogP contribution in [0.2, 0.25) is 0 Å². The van der Waals surface area contributed by atoms with Crippen molar-refractivity contribution < 1.29 is 29.4 Å². The molecule has 1 fully saturated rings. The van der Waals surface area contributed by atoms with Gasteiger partial charge in [-0.25, -0.2) is 4.79 Å². The second-order valence-corrected chi connectivity index (χ2v) is 10.5. The Kier molecular flexibility index (Phi) is 7.75. The van der Waals surface area contributed by atoms with E-state index in [2.05, 4.69) is 5.16 Å². The molecule has 1 aliphatic rings. The number of hydrogen-bond donors (Lipinski definition) is 3. The Morgan fingerprint density at radius 3 is 2.45 bits per heavy atom. The van der Waals surface area contributed by atoms with Gasteiger partial charge in [0.25, 0.3) is 0 Å². The quantitative estimate of drug-likeness (QED) is 0.178. The number of likely N-dealkylation sites (tertiary alicyclic amines) is 1. The summed E-state index contributed by atoms with van der Waals surface area (Å²) in [7, 11) is 0. The Balaban J connectivity index is 1.43. The first-order chi connectivity index (χ1) is 18.0. The number of amidine groups is 1. The molecule has 4 rings (SSSR count). The summed E-state index contributed by atoms with van der Waals surface area (Å²) in [5.41, 5.74) is 7.27. The zero-order valence-electron chi connectivity index (χ0n) is 21.8. The van der Waals surface area contributed by atoms with E-state index in [9.17, 15) is 14.7 Å². The molecule has 1 amide bonds. The molecule has 1 saturated heterocycles. The number of fused-ring (bicyclic) bond motifs is 1. The lowest BCUT2D eigenvalue weighted by Crippen LogP contribution is -2.36. The van der Waals surface area contributed by atoms with Crippen LogP contribution in [0.15, 0.2) is 65.8 Å². The molecule has 38 heavy (non-hydrogen) atoms. The van der Waals surface area contributed by atoms with E-state index in [1.807, 2.05) is 51.1 Å². The number of carboxylic acids is 1.